The van der Waals surface area contributed by atoms with Gasteiger partial charge in [0.05, 0.1) is 18.6 Å². The van der Waals surface area contributed by atoms with Gasteiger partial charge in [0.2, 0.25) is 0 Å². The fourth-order valence-electron chi connectivity index (χ4n) is 3.30. The van der Waals surface area contributed by atoms with Crippen molar-refractivity contribution in [1.29, 1.82) is 0 Å². The van der Waals surface area contributed by atoms with Gasteiger partial charge in [-0.05, 0) is 59.3 Å². The van der Waals surface area contributed by atoms with E-state index in [0.717, 1.165) is 28.3 Å². The van der Waals surface area contributed by atoms with Crippen LogP contribution in [0.1, 0.15) is 16.7 Å². The van der Waals surface area contributed by atoms with E-state index in [1.54, 1.807) is 36.4 Å². The second-order valence-electron chi connectivity index (χ2n) is 7.30. The lowest BCUT2D eigenvalue weighted by Crippen LogP contribution is -2.27. The molecular formula is C25H18ClF2NO4S. The lowest BCUT2D eigenvalue weighted by atomic mass is 10.1. The first-order valence-corrected chi connectivity index (χ1v) is 11.3. The largest absolute Gasteiger partial charge is 0.493 e. The van der Waals surface area contributed by atoms with Crippen LogP contribution in [0.2, 0.25) is 5.02 Å². The van der Waals surface area contributed by atoms with E-state index < -0.39 is 17.0 Å². The van der Waals surface area contributed by atoms with Crippen molar-refractivity contribution in [3.8, 4) is 11.5 Å². The maximum atomic E-state index is 13.3. The number of methoxy groups -OCH3 is 1. The average Bonchev–Trinajstić information content (AvgIpc) is 3.08. The Hall–Kier alpha value is -3.36. The zero-order chi connectivity index (χ0) is 24.2. The van der Waals surface area contributed by atoms with Gasteiger partial charge in [-0.15, -0.1) is 0 Å². The molecule has 9 heteroatoms. The van der Waals surface area contributed by atoms with Gasteiger partial charge in [-0.2, -0.15) is 0 Å². The van der Waals surface area contributed by atoms with Crippen LogP contribution in [-0.4, -0.2) is 23.2 Å². The van der Waals surface area contributed by atoms with Gasteiger partial charge in [0.25, 0.3) is 11.1 Å². The second-order valence-corrected chi connectivity index (χ2v) is 8.70. The topological polar surface area (TPSA) is 55.8 Å². The molecule has 5 nitrogen and oxygen atoms in total. The predicted octanol–water partition coefficient (Wildman–Crippen LogP) is 6.44. The van der Waals surface area contributed by atoms with Crippen LogP contribution in [0.15, 0.2) is 65.6 Å². The molecule has 1 heterocycles. The Balaban J connectivity index is 1.58. The molecule has 0 saturated carbocycles. The summed E-state index contributed by atoms with van der Waals surface area (Å²) in [5.41, 5.74) is 1.73. The standard InChI is InChI=1S/C25H18ClF2NO4S/c1-32-21-4-2-3-16(23(21)33-14-15-5-8-18(27)9-6-15)11-22-24(30)29(25(31)34-22)13-17-7-10-19(28)12-20(17)26/h2-12H,13-14H2,1H3/b22-11-. The van der Waals surface area contributed by atoms with E-state index in [2.05, 4.69) is 0 Å². The van der Waals surface area contributed by atoms with E-state index in [1.807, 2.05) is 0 Å². The van der Waals surface area contributed by atoms with Crippen molar-refractivity contribution in [1.82, 2.24) is 4.90 Å². The molecule has 1 saturated heterocycles. The molecule has 174 valence electrons. The minimum absolute atomic E-state index is 0.0762. The van der Waals surface area contributed by atoms with Gasteiger partial charge in [0.1, 0.15) is 18.2 Å². The molecule has 1 aliphatic rings. The van der Waals surface area contributed by atoms with Crippen LogP contribution in [0.25, 0.3) is 6.08 Å². The number of hydrogen-bond acceptors (Lipinski definition) is 5. The summed E-state index contributed by atoms with van der Waals surface area (Å²) in [6.45, 7) is 0.0686. The van der Waals surface area contributed by atoms with Gasteiger partial charge < -0.3 is 9.47 Å². The highest BCUT2D eigenvalue weighted by molar-refractivity contribution is 8.18. The van der Waals surface area contributed by atoms with Gasteiger partial charge in [0, 0.05) is 10.6 Å². The number of carbonyl (C=O) groups excluding carboxylic acids is 2. The Kier molecular flexibility index (Phi) is 7.19. The summed E-state index contributed by atoms with van der Waals surface area (Å²) in [5.74, 6) is -0.535. The van der Waals surface area contributed by atoms with E-state index in [9.17, 15) is 18.4 Å². The van der Waals surface area contributed by atoms with E-state index in [0.29, 0.717) is 22.6 Å². The van der Waals surface area contributed by atoms with Crippen LogP contribution in [0.4, 0.5) is 13.6 Å². The molecule has 0 radical (unpaired) electrons. The summed E-state index contributed by atoms with van der Waals surface area (Å²) >= 11 is 6.84. The number of carbonyl (C=O) groups is 2. The molecule has 2 amide bonds. The third-order valence-corrected chi connectivity index (χ3v) is 6.29. The van der Waals surface area contributed by atoms with Gasteiger partial charge in [0.15, 0.2) is 11.5 Å². The Labute approximate surface area is 203 Å². The zero-order valence-corrected chi connectivity index (χ0v) is 19.5. The van der Waals surface area contributed by atoms with Gasteiger partial charge in [-0.25, -0.2) is 8.78 Å². The summed E-state index contributed by atoms with van der Waals surface area (Å²) in [5, 5.41) is -0.333. The van der Waals surface area contributed by atoms with Crippen molar-refractivity contribution in [2.75, 3.05) is 7.11 Å². The zero-order valence-electron chi connectivity index (χ0n) is 17.9. The monoisotopic (exact) mass is 501 g/mol. The molecule has 0 unspecified atom stereocenters. The summed E-state index contributed by atoms with van der Waals surface area (Å²) in [6, 6.07) is 14.9. The van der Waals surface area contributed by atoms with Gasteiger partial charge >= 0.3 is 0 Å². The first kappa shape index (κ1) is 23.8. The van der Waals surface area contributed by atoms with Crippen molar-refractivity contribution in [2.24, 2.45) is 0 Å². The maximum absolute atomic E-state index is 13.3. The Morgan fingerprint density at radius 1 is 1.03 bits per heavy atom. The number of ether oxygens (including phenoxy) is 2. The molecule has 3 aromatic rings. The number of rotatable bonds is 7. The summed E-state index contributed by atoms with van der Waals surface area (Å²) in [7, 11) is 1.49. The molecule has 1 aliphatic heterocycles. The number of hydrogen-bond donors (Lipinski definition) is 0. The van der Waals surface area contributed by atoms with Crippen LogP contribution in [0.5, 0.6) is 11.5 Å². The van der Waals surface area contributed by atoms with Crippen molar-refractivity contribution in [3.05, 3.63) is 98.9 Å². The highest BCUT2D eigenvalue weighted by Gasteiger charge is 2.35. The van der Waals surface area contributed by atoms with E-state index in [1.165, 1.54) is 31.4 Å². The molecule has 3 aromatic carbocycles. The number of thioether (sulfide) groups is 1. The summed E-state index contributed by atoms with van der Waals surface area (Å²) in [4.78, 5) is 26.8. The predicted molar refractivity (Wildman–Crippen MR) is 127 cm³/mol. The molecule has 0 N–H and O–H groups in total. The Bertz CT molecular complexity index is 1280. The van der Waals surface area contributed by atoms with Crippen LogP contribution < -0.4 is 9.47 Å². The van der Waals surface area contributed by atoms with Crippen LogP contribution in [-0.2, 0) is 17.9 Å². The molecule has 0 spiro atoms. The average molecular weight is 502 g/mol. The molecule has 34 heavy (non-hydrogen) atoms. The number of imide groups is 1. The van der Waals surface area contributed by atoms with Gasteiger partial charge in [-0.3, -0.25) is 14.5 Å². The first-order chi connectivity index (χ1) is 16.4. The second kappa shape index (κ2) is 10.3. The fourth-order valence-corrected chi connectivity index (χ4v) is 4.35. The number of amides is 2. The van der Waals surface area contributed by atoms with E-state index in [-0.39, 0.29) is 28.9 Å². The highest BCUT2D eigenvalue weighted by Crippen LogP contribution is 2.38. The maximum Gasteiger partial charge on any atom is 0.293 e. The Morgan fingerprint density at radius 2 is 1.76 bits per heavy atom. The number of benzene rings is 3. The smallest absolute Gasteiger partial charge is 0.293 e. The lowest BCUT2D eigenvalue weighted by molar-refractivity contribution is -0.123. The molecule has 0 aliphatic carbocycles. The summed E-state index contributed by atoms with van der Waals surface area (Å²) < 4.78 is 37.8. The number of nitrogens with zero attached hydrogens (tertiary/aromatic N) is 1. The van der Waals surface area contributed by atoms with E-state index >= 15 is 0 Å². The van der Waals surface area contributed by atoms with Crippen molar-refractivity contribution in [2.45, 2.75) is 13.2 Å². The fraction of sp³-hybridized carbons (Fsp3) is 0.120. The van der Waals surface area contributed by atoms with Gasteiger partial charge in [-0.1, -0.05) is 41.9 Å². The Morgan fingerprint density at radius 3 is 2.47 bits per heavy atom. The van der Waals surface area contributed by atoms with E-state index in [4.69, 9.17) is 21.1 Å². The minimum Gasteiger partial charge on any atom is -0.493 e. The number of halogens is 3. The third kappa shape index (κ3) is 5.24. The first-order valence-electron chi connectivity index (χ1n) is 10.1. The number of para-hydroxylation sites is 1. The molecule has 0 bridgehead atoms. The van der Waals surface area contributed by atoms with Crippen LogP contribution >= 0.6 is 23.4 Å². The quantitative estimate of drug-likeness (QED) is 0.349. The van der Waals surface area contributed by atoms with Crippen LogP contribution in [0, 0.1) is 11.6 Å². The normalized spacial score (nSPS) is 14.7. The summed E-state index contributed by atoms with van der Waals surface area (Å²) in [6.07, 6.45) is 1.56. The molecule has 4 rings (SSSR count). The van der Waals surface area contributed by atoms with Crippen LogP contribution in [0.3, 0.4) is 0 Å². The minimum atomic E-state index is -0.506. The van der Waals surface area contributed by atoms with Crippen molar-refractivity contribution in [3.63, 3.8) is 0 Å². The van der Waals surface area contributed by atoms with Crippen molar-refractivity contribution >= 4 is 40.6 Å². The molecular weight excluding hydrogens is 484 g/mol. The van der Waals surface area contributed by atoms with Crippen molar-refractivity contribution < 1.29 is 27.8 Å². The highest BCUT2D eigenvalue weighted by atomic mass is 35.5. The SMILES string of the molecule is COc1cccc(/C=C2\SC(=O)N(Cc3ccc(F)cc3Cl)C2=O)c1OCc1ccc(F)cc1. The lowest BCUT2D eigenvalue weighted by Gasteiger charge is -2.14. The molecule has 0 atom stereocenters. The molecule has 1 fully saturated rings. The molecule has 0 aromatic heterocycles. The third-order valence-electron chi connectivity index (χ3n) is 5.03.